The van der Waals surface area contributed by atoms with E-state index in [1.165, 1.54) is 77.9 Å². The number of carboxylic acid groups (broad SMARTS) is 2. The van der Waals surface area contributed by atoms with Gasteiger partial charge in [-0.05, 0) is 184 Å². The van der Waals surface area contributed by atoms with Crippen molar-refractivity contribution >= 4 is 34.7 Å². The molecule has 0 fully saturated rings. The number of rotatable bonds is 31. The number of aryl methyl sites for hydroxylation is 6. The van der Waals surface area contributed by atoms with Crippen molar-refractivity contribution in [3.8, 4) is 23.0 Å². The number of nitrogens with zero attached hydrogens (tertiary/aromatic N) is 2. The van der Waals surface area contributed by atoms with Crippen LogP contribution < -0.4 is 10.2 Å². The largest absolute Gasteiger partial charge is 2.00 e. The Hall–Kier alpha value is -5.15. The summed E-state index contributed by atoms with van der Waals surface area (Å²) in [6.07, 6.45) is 25.7. The number of carboxylic acids is 2. The molecule has 0 saturated carbocycles. The van der Waals surface area contributed by atoms with Gasteiger partial charge in [0, 0.05) is 11.1 Å². The topological polar surface area (TPSA) is 186 Å². The zero-order valence-corrected chi connectivity index (χ0v) is 48.6. The number of unbranched alkanes of at least 4 members (excludes halogenated alkanes) is 10. The zero-order chi connectivity index (χ0) is 55.0. The van der Waals surface area contributed by atoms with Gasteiger partial charge in [0.1, 0.15) is 0 Å². The smallest absolute Gasteiger partial charge is 0.545 e. The van der Waals surface area contributed by atoms with Crippen molar-refractivity contribution in [1.29, 1.82) is 0 Å². The van der Waals surface area contributed by atoms with Crippen LogP contribution in [0, 0.1) is 0 Å². The molecular weight excluding hydrogens is 983 g/mol. The Kier molecular flexibility index (Phi) is 34.8. The van der Waals surface area contributed by atoms with Gasteiger partial charge in [-0.25, -0.2) is 0 Å². The van der Waals surface area contributed by atoms with E-state index in [-0.39, 0.29) is 39.1 Å². The molecule has 0 atom stereocenters. The predicted octanol–water partition coefficient (Wildman–Crippen LogP) is 15.0. The van der Waals surface area contributed by atoms with Crippen LogP contribution in [0.15, 0.2) is 58.5 Å². The molecule has 0 aromatic heterocycles. The van der Waals surface area contributed by atoms with Gasteiger partial charge in [0.2, 0.25) is 0 Å². The van der Waals surface area contributed by atoms with Crippen molar-refractivity contribution in [2.75, 3.05) is 0 Å². The molecule has 0 spiro atoms. The fraction of sp³-hybridized carbons (Fsp3) is 0.562. The average molecular weight is 1080 g/mol. The number of aliphatic imine (C=N–C) groups is 2. The summed E-state index contributed by atoms with van der Waals surface area (Å²) in [7, 11) is 0. The second-order valence-corrected chi connectivity index (χ2v) is 19.6. The van der Waals surface area contributed by atoms with Gasteiger partial charge in [0.15, 0.2) is 23.0 Å². The van der Waals surface area contributed by atoms with E-state index >= 15 is 0 Å². The number of hydrogen-bond acceptors (Lipinski definition) is 10. The molecule has 0 aliphatic heterocycles. The van der Waals surface area contributed by atoms with E-state index in [1.807, 2.05) is 0 Å². The summed E-state index contributed by atoms with van der Waals surface area (Å²) in [5.41, 5.74) is 12.6. The maximum atomic E-state index is 11.3. The second kappa shape index (κ2) is 38.4. The quantitative estimate of drug-likeness (QED) is 0.0166. The van der Waals surface area contributed by atoms with Gasteiger partial charge >= 0.3 is 16.5 Å². The van der Waals surface area contributed by atoms with E-state index in [4.69, 9.17) is 9.98 Å². The molecule has 0 amide bonds. The Morgan fingerprint density at radius 2 is 0.747 bits per heavy atom. The molecule has 0 heterocycles. The molecule has 10 nitrogen and oxygen atoms in total. The van der Waals surface area contributed by atoms with Crippen LogP contribution in [0.2, 0.25) is 0 Å². The first kappa shape index (κ1) is 67.9. The van der Waals surface area contributed by atoms with Crippen LogP contribution in [0.5, 0.6) is 23.0 Å². The van der Waals surface area contributed by atoms with Crippen molar-refractivity contribution in [1.82, 2.24) is 0 Å². The van der Waals surface area contributed by atoms with Crippen LogP contribution in [0.1, 0.15) is 250 Å². The van der Waals surface area contributed by atoms with Gasteiger partial charge in [0.25, 0.3) is 0 Å². The van der Waals surface area contributed by atoms with Gasteiger partial charge < -0.3 is 40.2 Å². The zero-order valence-electron chi connectivity index (χ0n) is 47.6. The van der Waals surface area contributed by atoms with Crippen molar-refractivity contribution in [2.24, 2.45) is 9.98 Å². The Morgan fingerprint density at radius 1 is 0.400 bits per heavy atom. The molecule has 0 bridgehead atoms. The van der Waals surface area contributed by atoms with Gasteiger partial charge in [-0.15, -0.1) is 0 Å². The number of aromatic carboxylic acids is 2. The van der Waals surface area contributed by atoms with Crippen LogP contribution in [0.4, 0.5) is 11.4 Å². The van der Waals surface area contributed by atoms with Gasteiger partial charge in [-0.2, -0.15) is 0 Å². The molecule has 418 valence electrons. The Balaban J connectivity index is 0.000000593. The van der Waals surface area contributed by atoms with Crippen molar-refractivity contribution in [3.05, 3.63) is 104 Å². The third-order valence-corrected chi connectivity index (χ3v) is 13.8. The van der Waals surface area contributed by atoms with E-state index in [0.717, 1.165) is 132 Å². The minimum atomic E-state index is -1.43. The molecule has 0 unspecified atom stereocenters. The van der Waals surface area contributed by atoms with Crippen LogP contribution in [-0.4, -0.2) is 43.8 Å². The van der Waals surface area contributed by atoms with E-state index in [1.54, 1.807) is 0 Å². The molecule has 11 heteroatoms. The molecular formula is C64H94N2NiO8. The maximum Gasteiger partial charge on any atom is 2.00 e. The average Bonchev–Trinajstić information content (AvgIpc) is 3.39. The molecule has 4 N–H and O–H groups in total. The predicted molar refractivity (Wildman–Crippen MR) is 305 cm³/mol. The van der Waals surface area contributed by atoms with Crippen molar-refractivity contribution in [3.63, 3.8) is 0 Å². The van der Waals surface area contributed by atoms with E-state index in [2.05, 4.69) is 106 Å². The van der Waals surface area contributed by atoms with Crippen LogP contribution in [0.25, 0.3) is 0 Å². The van der Waals surface area contributed by atoms with Crippen LogP contribution >= 0.6 is 0 Å². The Bertz CT molecular complexity index is 2300. The van der Waals surface area contributed by atoms with E-state index in [9.17, 15) is 40.2 Å². The summed E-state index contributed by atoms with van der Waals surface area (Å²) in [6, 6.07) is 16.5. The summed E-state index contributed by atoms with van der Waals surface area (Å²) < 4.78 is 0. The van der Waals surface area contributed by atoms with E-state index in [0.29, 0.717) is 36.8 Å². The molecule has 4 aromatic carbocycles. The number of hydrogen-bond donors (Lipinski definition) is 4. The third kappa shape index (κ3) is 22.5. The Labute approximate surface area is 462 Å². The first-order chi connectivity index (χ1) is 35.6. The number of carbonyl (C=O) groups is 2. The van der Waals surface area contributed by atoms with Gasteiger partial charge in [0.05, 0.1) is 34.7 Å². The standard InChI is InChI=1S/C32H48N2.2C16H24O4.Ni/c1-7-13-15-16-18-32(34-30-22-20-26(10-4)28(12-6)24-30)31(17-14-8-2)33-29-21-19-25(9-3)27(11-5)23-29;2*1-3-5-7-9-12-11(8-6-4-2)10-13(17)15(18)14(12)16(19)20;/h19-24H,7-18H2,1-6H3;2*10,17-18H,3-9H2,1-2H3,(H,19,20);/q;;;+2/p-2. The number of phenolic OH excluding ortho intramolecular Hbond substituents is 2. The minimum Gasteiger partial charge on any atom is -0.545 e. The third-order valence-electron chi connectivity index (χ3n) is 13.8. The first-order valence-corrected chi connectivity index (χ1v) is 28.6. The molecule has 4 aromatic rings. The summed E-state index contributed by atoms with van der Waals surface area (Å²) in [6.45, 7) is 21.7. The first-order valence-electron chi connectivity index (χ1n) is 28.6. The summed E-state index contributed by atoms with van der Waals surface area (Å²) >= 11 is 0. The molecule has 0 aliphatic carbocycles. The molecule has 75 heavy (non-hydrogen) atoms. The SMILES string of the molecule is CCCCCCC(=Nc1ccc(CC)c(CC)c1)C(CCCC)=Nc1ccc(CC)c(CC)c1.CCCCCc1c(CCCC)cc(O)c(O)c1C(=O)[O-].CCCCCc1c(CCCC)cc(O)c(O)c1C(=O)[O-].[Ni+2]. The van der Waals surface area contributed by atoms with Crippen molar-refractivity contribution in [2.45, 2.75) is 236 Å². The van der Waals surface area contributed by atoms with Crippen molar-refractivity contribution < 1.29 is 56.7 Å². The van der Waals surface area contributed by atoms with Crippen LogP contribution in [-0.2, 0) is 67.9 Å². The number of benzene rings is 4. The second-order valence-electron chi connectivity index (χ2n) is 19.6. The summed E-state index contributed by atoms with van der Waals surface area (Å²) in [5, 5.41) is 61.5. The van der Waals surface area contributed by atoms with Gasteiger partial charge in [-0.1, -0.05) is 146 Å². The molecule has 4 rings (SSSR count). The monoisotopic (exact) mass is 1080 g/mol. The fourth-order valence-corrected chi connectivity index (χ4v) is 9.42. The van der Waals surface area contributed by atoms with Gasteiger partial charge in [-0.3, -0.25) is 9.98 Å². The molecule has 0 aliphatic rings. The van der Waals surface area contributed by atoms with Crippen LogP contribution in [0.3, 0.4) is 0 Å². The minimum absolute atomic E-state index is 0. The maximum absolute atomic E-state index is 11.3. The normalized spacial score (nSPS) is 11.3. The molecule has 0 saturated heterocycles. The molecule has 0 radical (unpaired) electrons. The Morgan fingerprint density at radius 3 is 1.08 bits per heavy atom. The van der Waals surface area contributed by atoms with E-state index < -0.39 is 23.4 Å². The summed E-state index contributed by atoms with van der Waals surface area (Å²) in [4.78, 5) is 33.0. The number of phenols is 4. The number of carbonyl (C=O) groups excluding carboxylic acids is 2. The number of aromatic hydroxyl groups is 4. The fourth-order valence-electron chi connectivity index (χ4n) is 9.42. The summed E-state index contributed by atoms with van der Waals surface area (Å²) in [5.74, 6) is -4.76.